The number of thiophene rings is 1. The molecule has 3 amide bonds. The molecule has 1 saturated carbocycles. The summed E-state index contributed by atoms with van der Waals surface area (Å²) in [7, 11) is 1.56. The van der Waals surface area contributed by atoms with Crippen molar-refractivity contribution in [3.05, 3.63) is 82.3 Å². The number of carbonyl (C=O) groups excluding carboxylic acids is 2. The van der Waals surface area contributed by atoms with Crippen LogP contribution < -0.4 is 10.1 Å². The Kier molecular flexibility index (Phi) is 8.95. The molecule has 1 aromatic heterocycles. The third-order valence-corrected chi connectivity index (χ3v) is 7.36. The lowest BCUT2D eigenvalue weighted by atomic mass is 9.94. The first-order valence-corrected chi connectivity index (χ1v) is 13.2. The number of carbonyl (C=O) groups is 2. The minimum Gasteiger partial charge on any atom is -0.495 e. The highest BCUT2D eigenvalue weighted by Gasteiger charge is 2.30. The fraction of sp³-hybridized carbons (Fsp3) is 0.357. The predicted octanol–water partition coefficient (Wildman–Crippen LogP) is 6.29. The van der Waals surface area contributed by atoms with E-state index < -0.39 is 0 Å². The van der Waals surface area contributed by atoms with Gasteiger partial charge in [-0.2, -0.15) is 0 Å². The minimum atomic E-state index is -0.314. The number of halogens is 1. The van der Waals surface area contributed by atoms with E-state index >= 15 is 0 Å². The predicted molar refractivity (Wildman–Crippen MR) is 141 cm³/mol. The Balaban J connectivity index is 1.54. The van der Waals surface area contributed by atoms with Crippen LogP contribution in [0.1, 0.15) is 42.5 Å². The van der Waals surface area contributed by atoms with Gasteiger partial charge in [0.05, 0.1) is 19.3 Å². The largest absolute Gasteiger partial charge is 0.495 e. The summed E-state index contributed by atoms with van der Waals surface area (Å²) in [4.78, 5) is 31.7. The third kappa shape index (κ3) is 6.85. The van der Waals surface area contributed by atoms with Crippen LogP contribution in [0.25, 0.3) is 0 Å². The van der Waals surface area contributed by atoms with Gasteiger partial charge in [-0.1, -0.05) is 49.6 Å². The van der Waals surface area contributed by atoms with Crippen LogP contribution in [0.5, 0.6) is 5.75 Å². The second-order valence-corrected chi connectivity index (χ2v) is 10.0. The molecule has 2 aromatic carbocycles. The summed E-state index contributed by atoms with van der Waals surface area (Å²) in [6.07, 6.45) is 4.95. The third-order valence-electron chi connectivity index (χ3n) is 6.50. The maximum atomic E-state index is 13.7. The van der Waals surface area contributed by atoms with Gasteiger partial charge in [-0.25, -0.2) is 9.18 Å². The van der Waals surface area contributed by atoms with E-state index in [-0.39, 0.29) is 30.3 Å². The SMILES string of the molecule is COc1ccccc1NC(=O)N(CC(=O)N(Cc1ccc(F)cc1)Cc1cccs1)C1CCCCC1. The first-order chi connectivity index (χ1) is 17.5. The molecule has 0 unspecified atom stereocenters. The summed E-state index contributed by atoms with van der Waals surface area (Å²) in [5.74, 6) is 0.108. The fourth-order valence-corrected chi connectivity index (χ4v) is 5.29. The molecule has 0 aliphatic heterocycles. The average Bonchev–Trinajstić information content (AvgIpc) is 3.42. The molecule has 36 heavy (non-hydrogen) atoms. The number of urea groups is 1. The maximum Gasteiger partial charge on any atom is 0.322 e. The fourth-order valence-electron chi connectivity index (χ4n) is 4.57. The van der Waals surface area contributed by atoms with Gasteiger partial charge in [0.2, 0.25) is 5.91 Å². The van der Waals surface area contributed by atoms with E-state index in [2.05, 4.69) is 5.32 Å². The van der Waals surface area contributed by atoms with Gasteiger partial charge in [0.15, 0.2) is 0 Å². The molecule has 0 atom stereocenters. The Bertz CT molecular complexity index is 1130. The van der Waals surface area contributed by atoms with Crippen molar-refractivity contribution in [2.24, 2.45) is 0 Å². The second kappa shape index (κ2) is 12.5. The zero-order valence-corrected chi connectivity index (χ0v) is 21.3. The molecule has 0 bridgehead atoms. The van der Waals surface area contributed by atoms with Gasteiger partial charge < -0.3 is 19.9 Å². The van der Waals surface area contributed by atoms with Crippen LogP contribution in [0.15, 0.2) is 66.0 Å². The Morgan fingerprint density at radius 3 is 2.44 bits per heavy atom. The summed E-state index contributed by atoms with van der Waals surface area (Å²) in [5.41, 5.74) is 1.41. The summed E-state index contributed by atoms with van der Waals surface area (Å²) in [6, 6.07) is 17.1. The number of nitrogens with zero attached hydrogens (tertiary/aromatic N) is 2. The normalized spacial score (nSPS) is 13.7. The molecule has 8 heteroatoms. The van der Waals surface area contributed by atoms with Crippen molar-refractivity contribution < 1.29 is 18.7 Å². The highest BCUT2D eigenvalue weighted by molar-refractivity contribution is 7.09. The molecule has 6 nitrogen and oxygen atoms in total. The molecule has 1 aliphatic carbocycles. The number of anilines is 1. The summed E-state index contributed by atoms with van der Waals surface area (Å²) in [6.45, 7) is 0.738. The summed E-state index contributed by atoms with van der Waals surface area (Å²) >= 11 is 1.58. The number of rotatable bonds is 9. The van der Waals surface area contributed by atoms with E-state index in [0.717, 1.165) is 42.5 Å². The van der Waals surface area contributed by atoms with Crippen LogP contribution >= 0.6 is 11.3 Å². The lowest BCUT2D eigenvalue weighted by Gasteiger charge is -2.35. The van der Waals surface area contributed by atoms with Gasteiger partial charge in [-0.15, -0.1) is 11.3 Å². The van der Waals surface area contributed by atoms with Crippen LogP contribution in [-0.4, -0.2) is 41.4 Å². The molecule has 1 N–H and O–H groups in total. The van der Waals surface area contributed by atoms with Gasteiger partial charge in [0.25, 0.3) is 0 Å². The molecule has 0 saturated heterocycles. The van der Waals surface area contributed by atoms with E-state index in [0.29, 0.717) is 24.5 Å². The molecular weight excluding hydrogens is 477 g/mol. The Morgan fingerprint density at radius 2 is 1.75 bits per heavy atom. The van der Waals surface area contributed by atoms with E-state index in [1.165, 1.54) is 12.1 Å². The van der Waals surface area contributed by atoms with Crippen LogP contribution in [0, 0.1) is 5.82 Å². The summed E-state index contributed by atoms with van der Waals surface area (Å²) in [5, 5.41) is 4.93. The first kappa shape index (κ1) is 25.7. The monoisotopic (exact) mass is 509 g/mol. The summed E-state index contributed by atoms with van der Waals surface area (Å²) < 4.78 is 18.8. The van der Waals surface area contributed by atoms with Gasteiger partial charge in [-0.05, 0) is 54.1 Å². The highest BCUT2D eigenvalue weighted by atomic mass is 32.1. The molecule has 1 heterocycles. The zero-order chi connectivity index (χ0) is 25.3. The van der Waals surface area contributed by atoms with Crippen molar-refractivity contribution in [3.63, 3.8) is 0 Å². The molecule has 1 aliphatic rings. The Morgan fingerprint density at radius 1 is 1.00 bits per heavy atom. The van der Waals surface area contributed by atoms with Crippen molar-refractivity contribution in [2.75, 3.05) is 19.0 Å². The molecular formula is C28H32FN3O3S. The molecule has 4 rings (SSSR count). The molecule has 3 aromatic rings. The Labute approximate surface area is 215 Å². The van der Waals surface area contributed by atoms with Crippen molar-refractivity contribution in [1.29, 1.82) is 0 Å². The topological polar surface area (TPSA) is 61.9 Å². The number of nitrogens with one attached hydrogen (secondary N) is 1. The van der Waals surface area contributed by atoms with E-state index in [1.54, 1.807) is 52.5 Å². The lowest BCUT2D eigenvalue weighted by Crippen LogP contribution is -2.49. The van der Waals surface area contributed by atoms with Crippen molar-refractivity contribution in [2.45, 2.75) is 51.2 Å². The highest BCUT2D eigenvalue weighted by Crippen LogP contribution is 2.27. The number of hydrogen-bond donors (Lipinski definition) is 1. The number of ether oxygens (including phenoxy) is 1. The van der Waals surface area contributed by atoms with Crippen molar-refractivity contribution >= 4 is 29.0 Å². The maximum absolute atomic E-state index is 13.7. The number of benzene rings is 2. The number of hydrogen-bond acceptors (Lipinski definition) is 4. The Hall–Kier alpha value is -3.39. The van der Waals surface area contributed by atoms with Crippen LogP contribution in [0.4, 0.5) is 14.9 Å². The number of amides is 3. The molecule has 0 radical (unpaired) electrons. The smallest absolute Gasteiger partial charge is 0.322 e. The second-order valence-electron chi connectivity index (χ2n) is 9.01. The van der Waals surface area contributed by atoms with Crippen molar-refractivity contribution in [1.82, 2.24) is 9.80 Å². The van der Waals surface area contributed by atoms with E-state index in [9.17, 15) is 14.0 Å². The van der Waals surface area contributed by atoms with Gasteiger partial charge in [0, 0.05) is 17.5 Å². The van der Waals surface area contributed by atoms with Gasteiger partial charge >= 0.3 is 6.03 Å². The van der Waals surface area contributed by atoms with Crippen LogP contribution in [-0.2, 0) is 17.9 Å². The number of methoxy groups -OCH3 is 1. The standard InChI is InChI=1S/C28H32FN3O3S/c1-35-26-12-6-5-11-25(26)30-28(34)32(23-8-3-2-4-9-23)20-27(33)31(19-24-10-7-17-36-24)18-21-13-15-22(29)16-14-21/h5-7,10-17,23H,2-4,8-9,18-20H2,1H3,(H,30,34). The average molecular weight is 510 g/mol. The van der Waals surface area contributed by atoms with Gasteiger partial charge in [0.1, 0.15) is 18.1 Å². The zero-order valence-electron chi connectivity index (χ0n) is 20.5. The van der Waals surface area contributed by atoms with E-state index in [1.807, 2.05) is 29.6 Å². The molecule has 190 valence electrons. The van der Waals surface area contributed by atoms with E-state index in [4.69, 9.17) is 4.74 Å². The lowest BCUT2D eigenvalue weighted by molar-refractivity contribution is -0.133. The molecule has 0 spiro atoms. The van der Waals surface area contributed by atoms with Gasteiger partial charge in [-0.3, -0.25) is 4.79 Å². The van der Waals surface area contributed by atoms with Crippen molar-refractivity contribution in [3.8, 4) is 5.75 Å². The van der Waals surface area contributed by atoms with Crippen LogP contribution in [0.3, 0.4) is 0 Å². The minimum absolute atomic E-state index is 0.00758. The first-order valence-electron chi connectivity index (χ1n) is 12.3. The van der Waals surface area contributed by atoms with Crippen LogP contribution in [0.2, 0.25) is 0 Å². The quantitative estimate of drug-likeness (QED) is 0.369. The number of para-hydroxylation sites is 2. The molecule has 1 fully saturated rings.